The summed E-state index contributed by atoms with van der Waals surface area (Å²) in [5.41, 5.74) is 3.22. The van der Waals surface area contributed by atoms with Gasteiger partial charge in [0.1, 0.15) is 5.75 Å². The molecular weight excluding hydrogens is 290 g/mol. The molecule has 2 aromatic carbocycles. The molecule has 0 aliphatic rings. The summed E-state index contributed by atoms with van der Waals surface area (Å²) >= 11 is 0. The highest BCUT2D eigenvalue weighted by Crippen LogP contribution is 2.25. The van der Waals surface area contributed by atoms with Crippen LogP contribution in [0.3, 0.4) is 0 Å². The third-order valence-corrected chi connectivity index (χ3v) is 3.49. The third kappa shape index (κ3) is 3.88. The van der Waals surface area contributed by atoms with Gasteiger partial charge in [-0.15, -0.1) is 10.2 Å². The van der Waals surface area contributed by atoms with Crippen LogP contribution in [0.2, 0.25) is 0 Å². The van der Waals surface area contributed by atoms with Gasteiger partial charge in [0, 0.05) is 0 Å². The van der Waals surface area contributed by atoms with Crippen molar-refractivity contribution < 1.29 is 9.15 Å². The number of benzene rings is 2. The van der Waals surface area contributed by atoms with Crippen molar-refractivity contribution in [2.75, 3.05) is 12.4 Å². The van der Waals surface area contributed by atoms with Crippen molar-refractivity contribution in [3.8, 4) is 5.75 Å². The smallest absolute Gasteiger partial charge is 0.235 e. The monoisotopic (exact) mass is 309 g/mol. The van der Waals surface area contributed by atoms with Crippen LogP contribution in [0.15, 0.2) is 52.9 Å². The molecule has 0 saturated carbocycles. The van der Waals surface area contributed by atoms with Crippen molar-refractivity contribution in [3.63, 3.8) is 0 Å². The minimum atomic E-state index is 0.460. The van der Waals surface area contributed by atoms with Gasteiger partial charge < -0.3 is 14.5 Å². The van der Waals surface area contributed by atoms with E-state index in [0.717, 1.165) is 22.6 Å². The molecule has 0 spiro atoms. The van der Waals surface area contributed by atoms with Gasteiger partial charge in [0.05, 0.1) is 25.8 Å². The highest BCUT2D eigenvalue weighted by atomic mass is 16.5. The zero-order chi connectivity index (χ0) is 16.1. The third-order valence-electron chi connectivity index (χ3n) is 3.49. The minimum absolute atomic E-state index is 0.460. The van der Waals surface area contributed by atoms with E-state index >= 15 is 0 Å². The van der Waals surface area contributed by atoms with E-state index in [2.05, 4.69) is 15.5 Å². The predicted octanol–water partition coefficient (Wildman–Crippen LogP) is 3.59. The Labute approximate surface area is 135 Å². The lowest BCUT2D eigenvalue weighted by atomic mass is 10.2. The molecule has 0 bridgehead atoms. The predicted molar refractivity (Wildman–Crippen MR) is 88.6 cm³/mol. The van der Waals surface area contributed by atoms with Crippen molar-refractivity contribution in [1.82, 2.24) is 10.2 Å². The highest BCUT2D eigenvalue weighted by molar-refractivity contribution is 5.57. The average molecular weight is 309 g/mol. The van der Waals surface area contributed by atoms with Crippen LogP contribution in [0.5, 0.6) is 5.75 Å². The molecule has 3 aromatic rings. The molecular formula is C18H19N3O2. The molecule has 1 aromatic heterocycles. The summed E-state index contributed by atoms with van der Waals surface area (Å²) in [4.78, 5) is 0. The van der Waals surface area contributed by atoms with Gasteiger partial charge in [-0.3, -0.25) is 0 Å². The second kappa shape index (κ2) is 6.96. The summed E-state index contributed by atoms with van der Waals surface area (Å²) in [5, 5.41) is 11.5. The van der Waals surface area contributed by atoms with Crippen LogP contribution in [0.4, 0.5) is 5.69 Å². The SMILES string of the molecule is COc1ccc(C)cc1NCc1nnc(Cc2ccccc2)o1. The number of nitrogens with one attached hydrogen (secondary N) is 1. The van der Waals surface area contributed by atoms with E-state index < -0.39 is 0 Å². The van der Waals surface area contributed by atoms with Crippen molar-refractivity contribution in [1.29, 1.82) is 0 Å². The topological polar surface area (TPSA) is 60.2 Å². The summed E-state index contributed by atoms with van der Waals surface area (Å²) in [7, 11) is 1.65. The molecule has 0 atom stereocenters. The second-order valence-electron chi connectivity index (χ2n) is 5.31. The zero-order valence-electron chi connectivity index (χ0n) is 13.2. The number of rotatable bonds is 6. The van der Waals surface area contributed by atoms with E-state index in [0.29, 0.717) is 24.7 Å². The Balaban J connectivity index is 1.64. The first-order valence-electron chi connectivity index (χ1n) is 7.48. The fourth-order valence-corrected chi connectivity index (χ4v) is 2.33. The second-order valence-corrected chi connectivity index (χ2v) is 5.31. The van der Waals surface area contributed by atoms with Crippen molar-refractivity contribution in [3.05, 3.63) is 71.4 Å². The minimum Gasteiger partial charge on any atom is -0.495 e. The molecule has 1 N–H and O–H groups in total. The number of anilines is 1. The molecule has 3 rings (SSSR count). The maximum atomic E-state index is 5.69. The summed E-state index contributed by atoms with van der Waals surface area (Å²) in [6, 6.07) is 16.0. The van der Waals surface area contributed by atoms with Crippen LogP contribution in [-0.4, -0.2) is 17.3 Å². The van der Waals surface area contributed by atoms with Crippen LogP contribution in [0, 0.1) is 6.92 Å². The molecule has 0 aliphatic heterocycles. The van der Waals surface area contributed by atoms with E-state index in [1.54, 1.807) is 7.11 Å². The van der Waals surface area contributed by atoms with Crippen LogP contribution in [-0.2, 0) is 13.0 Å². The zero-order valence-corrected chi connectivity index (χ0v) is 13.2. The maximum Gasteiger partial charge on any atom is 0.235 e. The Kier molecular flexibility index (Phi) is 4.57. The fourth-order valence-electron chi connectivity index (χ4n) is 2.33. The molecule has 0 radical (unpaired) electrons. The van der Waals surface area contributed by atoms with Crippen LogP contribution < -0.4 is 10.1 Å². The highest BCUT2D eigenvalue weighted by Gasteiger charge is 2.08. The Bertz CT molecular complexity index is 769. The lowest BCUT2D eigenvalue weighted by Gasteiger charge is -2.10. The number of aromatic nitrogens is 2. The first-order chi connectivity index (χ1) is 11.2. The van der Waals surface area contributed by atoms with Crippen molar-refractivity contribution >= 4 is 5.69 Å². The Morgan fingerprint density at radius 1 is 1.04 bits per heavy atom. The summed E-state index contributed by atoms with van der Waals surface area (Å²) in [6.07, 6.45) is 0.640. The number of ether oxygens (including phenoxy) is 1. The number of hydrogen-bond acceptors (Lipinski definition) is 5. The normalized spacial score (nSPS) is 10.5. The van der Waals surface area contributed by atoms with Gasteiger partial charge in [-0.2, -0.15) is 0 Å². The molecule has 0 unspecified atom stereocenters. The van der Waals surface area contributed by atoms with Gasteiger partial charge in [0.25, 0.3) is 0 Å². The quantitative estimate of drug-likeness (QED) is 0.754. The van der Waals surface area contributed by atoms with E-state index in [-0.39, 0.29) is 0 Å². The Hall–Kier alpha value is -2.82. The molecule has 0 aliphatic carbocycles. The summed E-state index contributed by atoms with van der Waals surface area (Å²) in [5.74, 6) is 1.96. The summed E-state index contributed by atoms with van der Waals surface area (Å²) < 4.78 is 11.0. The van der Waals surface area contributed by atoms with Crippen LogP contribution in [0.25, 0.3) is 0 Å². The van der Waals surface area contributed by atoms with Crippen LogP contribution in [0.1, 0.15) is 22.9 Å². The largest absolute Gasteiger partial charge is 0.495 e. The van der Waals surface area contributed by atoms with Gasteiger partial charge in [-0.25, -0.2) is 0 Å². The van der Waals surface area contributed by atoms with Gasteiger partial charge in [-0.05, 0) is 30.2 Å². The lowest BCUT2D eigenvalue weighted by molar-refractivity contribution is 0.415. The molecule has 0 saturated heterocycles. The first-order valence-corrected chi connectivity index (χ1v) is 7.48. The van der Waals surface area contributed by atoms with Gasteiger partial charge in [-0.1, -0.05) is 36.4 Å². The average Bonchev–Trinajstić information content (AvgIpc) is 3.01. The first kappa shape index (κ1) is 15.1. The molecule has 23 heavy (non-hydrogen) atoms. The molecule has 0 amide bonds. The standard InChI is InChI=1S/C18H19N3O2/c1-13-8-9-16(22-2)15(10-13)19-12-18-21-20-17(23-18)11-14-6-4-3-5-7-14/h3-10,19H,11-12H2,1-2H3. The van der Waals surface area contributed by atoms with E-state index in [4.69, 9.17) is 9.15 Å². The molecule has 1 heterocycles. The van der Waals surface area contributed by atoms with Gasteiger partial charge in [0.2, 0.25) is 11.8 Å². The van der Waals surface area contributed by atoms with E-state index in [1.165, 1.54) is 0 Å². The number of hydrogen-bond donors (Lipinski definition) is 1. The Morgan fingerprint density at radius 2 is 1.83 bits per heavy atom. The van der Waals surface area contributed by atoms with E-state index in [9.17, 15) is 0 Å². The summed E-state index contributed by atoms with van der Waals surface area (Å²) in [6.45, 7) is 2.50. The molecule has 0 fully saturated rings. The number of aryl methyl sites for hydroxylation is 1. The Morgan fingerprint density at radius 3 is 2.61 bits per heavy atom. The molecule has 5 nitrogen and oxygen atoms in total. The van der Waals surface area contributed by atoms with Gasteiger partial charge >= 0.3 is 0 Å². The van der Waals surface area contributed by atoms with Crippen molar-refractivity contribution in [2.24, 2.45) is 0 Å². The molecule has 118 valence electrons. The number of nitrogens with zero attached hydrogens (tertiary/aromatic N) is 2. The van der Waals surface area contributed by atoms with Crippen LogP contribution >= 0.6 is 0 Å². The lowest BCUT2D eigenvalue weighted by Crippen LogP contribution is -2.02. The van der Waals surface area contributed by atoms with Crippen molar-refractivity contribution in [2.45, 2.75) is 19.9 Å². The van der Waals surface area contributed by atoms with Gasteiger partial charge in [0.15, 0.2) is 0 Å². The molecule has 5 heteroatoms. The fraction of sp³-hybridized carbons (Fsp3) is 0.222. The van der Waals surface area contributed by atoms with E-state index in [1.807, 2.05) is 55.5 Å². The maximum absolute atomic E-state index is 5.69. The number of methoxy groups -OCH3 is 1.